The first kappa shape index (κ1) is 20.2. The Balaban J connectivity index is 1.49. The van der Waals surface area contributed by atoms with Gasteiger partial charge in [0, 0.05) is 18.6 Å². The summed E-state index contributed by atoms with van der Waals surface area (Å²) in [4.78, 5) is 37.9. The first-order valence-electron chi connectivity index (χ1n) is 8.35. The minimum atomic E-state index is -1.26. The molecule has 2 N–H and O–H groups in total. The smallest absolute Gasteiger partial charge is 0.352 e. The molecule has 1 saturated heterocycles. The molecule has 0 aliphatic carbocycles. The molecule has 15 nitrogen and oxygen atoms in total. The maximum atomic E-state index is 12.7. The number of rotatable bonds is 7. The van der Waals surface area contributed by atoms with Gasteiger partial charge >= 0.3 is 5.97 Å². The van der Waals surface area contributed by atoms with Gasteiger partial charge in [0.1, 0.15) is 23.9 Å². The largest absolute Gasteiger partial charge is 0.477 e. The Kier molecular flexibility index (Phi) is 5.39. The molecule has 2 aliphatic heterocycles. The van der Waals surface area contributed by atoms with Gasteiger partial charge in [-0.1, -0.05) is 11.8 Å². The molecule has 0 saturated carbocycles. The summed E-state index contributed by atoms with van der Waals surface area (Å²) in [5, 5.41) is 41.4. The number of carboxylic acids is 1. The fraction of sp³-hybridized carbons (Fsp3) is 0.462. The second-order valence-corrected chi connectivity index (χ2v) is 8.28. The van der Waals surface area contributed by atoms with E-state index in [1.807, 2.05) is 0 Å². The zero-order valence-corrected chi connectivity index (χ0v) is 16.9. The van der Waals surface area contributed by atoms with Gasteiger partial charge < -0.3 is 5.11 Å². The molecule has 0 spiro atoms. The Hall–Kier alpha value is -3.05. The number of tetrazole rings is 2. The summed E-state index contributed by atoms with van der Waals surface area (Å²) in [7, 11) is 1.66. The van der Waals surface area contributed by atoms with Crippen LogP contribution in [0.5, 0.6) is 0 Å². The summed E-state index contributed by atoms with van der Waals surface area (Å²) in [6.45, 7) is -0.361. The van der Waals surface area contributed by atoms with Crippen molar-refractivity contribution in [2.75, 3.05) is 11.5 Å². The number of hydrogen-bond donors (Lipinski definition) is 2. The Morgan fingerprint density at radius 1 is 1.37 bits per heavy atom. The summed E-state index contributed by atoms with van der Waals surface area (Å²) >= 11 is 2.50. The van der Waals surface area contributed by atoms with Gasteiger partial charge in [-0.05, 0) is 26.4 Å². The summed E-state index contributed by atoms with van der Waals surface area (Å²) in [6, 6.07) is -1.19. The van der Waals surface area contributed by atoms with Gasteiger partial charge in [-0.2, -0.15) is 0 Å². The van der Waals surface area contributed by atoms with Crippen LogP contribution >= 0.6 is 23.5 Å². The number of carbonyl (C=O) groups excluding carboxylic acids is 2. The normalized spacial score (nSPS) is 20.7. The van der Waals surface area contributed by atoms with Gasteiger partial charge in [0.25, 0.3) is 11.8 Å². The molecule has 2 aromatic rings. The number of fused-ring (bicyclic) bond motifs is 1. The van der Waals surface area contributed by atoms with E-state index in [9.17, 15) is 24.7 Å². The second-order valence-electron chi connectivity index (χ2n) is 6.23. The third kappa shape index (κ3) is 3.50. The van der Waals surface area contributed by atoms with Crippen molar-refractivity contribution in [3.8, 4) is 0 Å². The van der Waals surface area contributed by atoms with Gasteiger partial charge in [0.15, 0.2) is 6.04 Å². The van der Waals surface area contributed by atoms with Crippen LogP contribution < -0.4 is 0 Å². The van der Waals surface area contributed by atoms with Gasteiger partial charge in [-0.25, -0.2) is 19.2 Å². The molecule has 1 fully saturated rings. The van der Waals surface area contributed by atoms with E-state index < -0.39 is 29.2 Å². The molecule has 30 heavy (non-hydrogen) atoms. The van der Waals surface area contributed by atoms with Crippen molar-refractivity contribution >= 4 is 41.3 Å². The number of β-lactam (4-membered cyclic amide) rings is 1. The third-order valence-corrected chi connectivity index (χ3v) is 6.81. The number of amides is 2. The van der Waals surface area contributed by atoms with Crippen LogP contribution in [-0.4, -0.2) is 101 Å². The minimum Gasteiger partial charge on any atom is -0.477 e. The Morgan fingerprint density at radius 2 is 2.17 bits per heavy atom. The van der Waals surface area contributed by atoms with Crippen molar-refractivity contribution in [2.24, 2.45) is 7.05 Å². The standard InChI is InChI=1S/C13H14N10O5S2/c1-20-13(15-17-18-20)30-4-6-3-29-11-9(10(25)22(11)8(6)12(26)27)23(28)7(24)2-21-5-14-16-19-21/h5,9,11,28H,2-4H2,1H3,(H,26,27)/t9?,11-/m1/s1. The van der Waals surface area contributed by atoms with Crippen LogP contribution in [-0.2, 0) is 28.0 Å². The number of hydrogen-bond acceptors (Lipinski definition) is 12. The van der Waals surface area contributed by atoms with E-state index >= 15 is 0 Å². The van der Waals surface area contributed by atoms with Gasteiger partial charge in [0.2, 0.25) is 5.16 Å². The van der Waals surface area contributed by atoms with Crippen LogP contribution in [0, 0.1) is 0 Å². The lowest BCUT2D eigenvalue weighted by atomic mass is 10.0. The Labute approximate surface area is 176 Å². The van der Waals surface area contributed by atoms with Crippen molar-refractivity contribution in [3.05, 3.63) is 17.6 Å². The van der Waals surface area contributed by atoms with E-state index in [4.69, 9.17) is 0 Å². The molecule has 0 radical (unpaired) electrons. The van der Waals surface area contributed by atoms with Crippen LogP contribution in [0.4, 0.5) is 0 Å². The van der Waals surface area contributed by atoms with Gasteiger partial charge in [-0.15, -0.1) is 22.0 Å². The number of aryl methyl sites for hydroxylation is 1. The highest BCUT2D eigenvalue weighted by Crippen LogP contribution is 2.43. The average molecular weight is 454 g/mol. The molecule has 0 bridgehead atoms. The molecular formula is C13H14N10O5S2. The van der Waals surface area contributed by atoms with Crippen LogP contribution in [0.25, 0.3) is 0 Å². The third-order valence-electron chi connectivity index (χ3n) is 4.39. The summed E-state index contributed by atoms with van der Waals surface area (Å²) in [5.74, 6) is -2.16. The highest BCUT2D eigenvalue weighted by Gasteiger charge is 2.57. The maximum Gasteiger partial charge on any atom is 0.352 e. The first-order chi connectivity index (χ1) is 14.4. The van der Waals surface area contributed by atoms with E-state index in [0.29, 0.717) is 21.5 Å². The molecule has 2 atom stereocenters. The summed E-state index contributed by atoms with van der Waals surface area (Å²) in [6.07, 6.45) is 1.19. The number of carboxylic acid groups (broad SMARTS) is 1. The molecular weight excluding hydrogens is 440 g/mol. The van der Waals surface area contributed by atoms with E-state index in [0.717, 1.165) is 9.58 Å². The van der Waals surface area contributed by atoms with Crippen molar-refractivity contribution in [3.63, 3.8) is 0 Å². The molecule has 2 aromatic heterocycles. The first-order valence-corrected chi connectivity index (χ1v) is 10.4. The number of hydroxylamine groups is 2. The molecule has 1 unspecified atom stereocenters. The molecule has 158 valence electrons. The molecule has 2 aliphatic rings. The highest BCUT2D eigenvalue weighted by molar-refractivity contribution is 8.01. The SMILES string of the molecule is Cn1nnnc1SCC1=C(C(=O)O)N2C(=O)C(N(O)C(=O)Cn3cnnn3)[C@H]2SC1. The minimum absolute atomic E-state index is 0.149. The van der Waals surface area contributed by atoms with Crippen molar-refractivity contribution < 1.29 is 24.7 Å². The fourth-order valence-electron chi connectivity index (χ4n) is 2.98. The predicted octanol–water partition coefficient (Wildman–Crippen LogP) is -2.17. The van der Waals surface area contributed by atoms with E-state index in [1.165, 1.54) is 34.5 Å². The lowest BCUT2D eigenvalue weighted by molar-refractivity contribution is -0.198. The quantitative estimate of drug-likeness (QED) is 0.199. The fourth-order valence-corrected chi connectivity index (χ4v) is 5.35. The van der Waals surface area contributed by atoms with E-state index in [1.54, 1.807) is 7.05 Å². The van der Waals surface area contributed by atoms with Crippen LogP contribution in [0.1, 0.15) is 0 Å². The second kappa shape index (κ2) is 8.00. The van der Waals surface area contributed by atoms with Crippen molar-refractivity contribution in [1.82, 2.24) is 50.4 Å². The molecule has 2 amide bonds. The Bertz CT molecular complexity index is 1020. The van der Waals surface area contributed by atoms with Gasteiger partial charge in [0.05, 0.1) is 0 Å². The maximum absolute atomic E-state index is 12.7. The zero-order valence-electron chi connectivity index (χ0n) is 15.3. The van der Waals surface area contributed by atoms with Crippen molar-refractivity contribution in [2.45, 2.75) is 23.1 Å². The van der Waals surface area contributed by atoms with Crippen LogP contribution in [0.2, 0.25) is 0 Å². The topological polar surface area (TPSA) is 185 Å². The van der Waals surface area contributed by atoms with E-state index in [2.05, 4.69) is 31.1 Å². The summed E-state index contributed by atoms with van der Waals surface area (Å²) in [5.41, 5.74) is 0.372. The van der Waals surface area contributed by atoms with Crippen LogP contribution in [0.15, 0.2) is 22.8 Å². The lowest BCUT2D eigenvalue weighted by Crippen LogP contribution is -2.71. The number of thioether (sulfide) groups is 2. The molecule has 4 rings (SSSR count). The average Bonchev–Trinajstić information content (AvgIpc) is 3.37. The monoisotopic (exact) mass is 454 g/mol. The lowest BCUT2D eigenvalue weighted by Gasteiger charge is -2.51. The number of carbonyl (C=O) groups is 3. The summed E-state index contributed by atoms with van der Waals surface area (Å²) < 4.78 is 2.55. The van der Waals surface area contributed by atoms with Gasteiger partial charge in [-0.3, -0.25) is 19.7 Å². The zero-order chi connectivity index (χ0) is 21.4. The highest BCUT2D eigenvalue weighted by atomic mass is 32.2. The van der Waals surface area contributed by atoms with E-state index in [-0.39, 0.29) is 18.0 Å². The predicted molar refractivity (Wildman–Crippen MR) is 97.5 cm³/mol. The number of aromatic nitrogens is 8. The Morgan fingerprint density at radius 3 is 2.80 bits per heavy atom. The molecule has 17 heteroatoms. The number of aliphatic carboxylic acids is 1. The number of nitrogens with zero attached hydrogens (tertiary/aromatic N) is 10. The van der Waals surface area contributed by atoms with Crippen LogP contribution in [0.3, 0.4) is 0 Å². The molecule has 0 aromatic carbocycles. The molecule has 4 heterocycles. The van der Waals surface area contributed by atoms with Crippen molar-refractivity contribution in [1.29, 1.82) is 0 Å².